The van der Waals surface area contributed by atoms with Crippen molar-refractivity contribution in [2.75, 3.05) is 5.75 Å². The molecule has 0 radical (unpaired) electrons. The number of hydrogen-bond acceptors (Lipinski definition) is 4. The first-order chi connectivity index (χ1) is 12.2. The molecule has 0 amide bonds. The lowest BCUT2D eigenvalue weighted by Gasteiger charge is -2.12. The van der Waals surface area contributed by atoms with Crippen LogP contribution < -0.4 is 5.56 Å². The summed E-state index contributed by atoms with van der Waals surface area (Å²) in [5, 5.41) is 9.32. The van der Waals surface area contributed by atoms with Crippen LogP contribution in [0.2, 0.25) is 0 Å². The zero-order valence-corrected chi connectivity index (χ0v) is 14.9. The van der Waals surface area contributed by atoms with Crippen LogP contribution in [0.4, 0.5) is 0 Å². The number of benzene rings is 2. The van der Waals surface area contributed by atoms with Gasteiger partial charge < -0.3 is 5.11 Å². The molecule has 25 heavy (non-hydrogen) atoms. The van der Waals surface area contributed by atoms with Gasteiger partial charge in [0, 0.05) is 35.2 Å². The highest BCUT2D eigenvalue weighted by Gasteiger charge is 2.09. The van der Waals surface area contributed by atoms with Gasteiger partial charge in [0.1, 0.15) is 11.6 Å². The van der Waals surface area contributed by atoms with Crippen molar-refractivity contribution in [3.05, 3.63) is 76.8 Å². The van der Waals surface area contributed by atoms with Crippen LogP contribution in [0, 0.1) is 0 Å². The van der Waals surface area contributed by atoms with Crippen molar-refractivity contribution in [3.63, 3.8) is 0 Å². The minimum atomic E-state index is -0.0167. The van der Waals surface area contributed by atoms with Gasteiger partial charge in [-0.05, 0) is 24.3 Å². The van der Waals surface area contributed by atoms with E-state index in [0.717, 1.165) is 27.7 Å². The Balaban J connectivity index is 1.77. The van der Waals surface area contributed by atoms with Crippen LogP contribution in [0.5, 0.6) is 5.75 Å². The Kier molecular flexibility index (Phi) is 5.56. The third-order valence-electron chi connectivity index (χ3n) is 3.89. The molecule has 4 nitrogen and oxygen atoms in total. The summed E-state index contributed by atoms with van der Waals surface area (Å²) < 4.78 is 1.75. The molecular weight excluding hydrogens is 332 g/mol. The molecule has 0 bridgehead atoms. The molecule has 0 aliphatic heterocycles. The molecular formula is C20H20N2O2S. The molecule has 0 unspecified atom stereocenters. The van der Waals surface area contributed by atoms with E-state index in [0.29, 0.717) is 13.0 Å². The van der Waals surface area contributed by atoms with Crippen LogP contribution >= 0.6 is 11.8 Å². The van der Waals surface area contributed by atoms with Crippen LogP contribution in [-0.2, 0) is 13.0 Å². The van der Waals surface area contributed by atoms with Crippen molar-refractivity contribution in [1.29, 1.82) is 0 Å². The van der Waals surface area contributed by atoms with E-state index in [2.05, 4.69) is 4.98 Å². The first kappa shape index (κ1) is 17.3. The molecule has 0 fully saturated rings. The maximum Gasteiger partial charge on any atom is 0.254 e. The summed E-state index contributed by atoms with van der Waals surface area (Å²) in [6.45, 7) is 2.62. The molecule has 0 aliphatic rings. The average molecular weight is 352 g/mol. The van der Waals surface area contributed by atoms with Gasteiger partial charge >= 0.3 is 0 Å². The summed E-state index contributed by atoms with van der Waals surface area (Å²) in [6.07, 6.45) is 0.708. The fourth-order valence-corrected chi connectivity index (χ4v) is 3.45. The first-order valence-electron chi connectivity index (χ1n) is 8.25. The third kappa shape index (κ3) is 4.31. The van der Waals surface area contributed by atoms with Crippen molar-refractivity contribution < 1.29 is 5.11 Å². The number of rotatable bonds is 6. The Labute approximate surface area is 151 Å². The molecule has 0 saturated carbocycles. The summed E-state index contributed by atoms with van der Waals surface area (Å²) in [5.74, 6) is 1.83. The van der Waals surface area contributed by atoms with Crippen LogP contribution in [0.15, 0.2) is 70.4 Å². The number of phenolic OH excluding ortho intramolecular Hbond substituents is 1. The molecule has 2 aromatic carbocycles. The number of aromatic hydroxyl groups is 1. The lowest BCUT2D eigenvalue weighted by atomic mass is 10.1. The molecule has 0 aliphatic carbocycles. The maximum atomic E-state index is 12.6. The SMILES string of the molecule is CCc1nc(-c2ccccc2)cc(=O)n1CCSc1ccc(O)cc1. The largest absolute Gasteiger partial charge is 0.508 e. The summed E-state index contributed by atoms with van der Waals surface area (Å²) in [4.78, 5) is 18.3. The van der Waals surface area contributed by atoms with E-state index in [9.17, 15) is 9.90 Å². The van der Waals surface area contributed by atoms with Gasteiger partial charge in [-0.25, -0.2) is 4.98 Å². The number of hydrogen-bond donors (Lipinski definition) is 1. The number of nitrogens with zero attached hydrogens (tertiary/aromatic N) is 2. The van der Waals surface area contributed by atoms with E-state index in [-0.39, 0.29) is 11.3 Å². The second-order valence-electron chi connectivity index (χ2n) is 5.61. The molecule has 3 aromatic rings. The topological polar surface area (TPSA) is 55.1 Å². The third-order valence-corrected chi connectivity index (χ3v) is 4.89. The highest BCUT2D eigenvalue weighted by Crippen LogP contribution is 2.21. The average Bonchev–Trinajstić information content (AvgIpc) is 2.65. The van der Waals surface area contributed by atoms with Crippen LogP contribution in [-0.4, -0.2) is 20.4 Å². The standard InChI is InChI=1S/C20H20N2O2S/c1-2-19-21-18(15-6-4-3-5-7-15)14-20(24)22(19)12-13-25-17-10-8-16(23)9-11-17/h3-11,14,23H,2,12-13H2,1H3. The van der Waals surface area contributed by atoms with Gasteiger partial charge in [-0.3, -0.25) is 9.36 Å². The maximum absolute atomic E-state index is 12.6. The van der Waals surface area contributed by atoms with Gasteiger partial charge in [-0.1, -0.05) is 37.3 Å². The number of thioether (sulfide) groups is 1. The molecule has 0 spiro atoms. The van der Waals surface area contributed by atoms with E-state index in [1.807, 2.05) is 49.4 Å². The van der Waals surface area contributed by atoms with Crippen molar-refractivity contribution in [2.45, 2.75) is 24.8 Å². The number of phenols is 1. The van der Waals surface area contributed by atoms with Gasteiger partial charge in [-0.15, -0.1) is 11.8 Å². The van der Waals surface area contributed by atoms with E-state index >= 15 is 0 Å². The number of aromatic nitrogens is 2. The summed E-state index contributed by atoms with van der Waals surface area (Å²) >= 11 is 1.65. The van der Waals surface area contributed by atoms with Crippen molar-refractivity contribution in [3.8, 4) is 17.0 Å². The predicted molar refractivity (Wildman–Crippen MR) is 102 cm³/mol. The fraction of sp³-hybridized carbons (Fsp3) is 0.200. The lowest BCUT2D eigenvalue weighted by Crippen LogP contribution is -2.25. The Hall–Kier alpha value is -2.53. The van der Waals surface area contributed by atoms with Crippen molar-refractivity contribution in [1.82, 2.24) is 9.55 Å². The van der Waals surface area contributed by atoms with Crippen LogP contribution in [0.3, 0.4) is 0 Å². The normalized spacial score (nSPS) is 10.8. The zero-order valence-electron chi connectivity index (χ0n) is 14.1. The van der Waals surface area contributed by atoms with Gasteiger partial charge in [0.2, 0.25) is 0 Å². The Morgan fingerprint density at radius 2 is 1.80 bits per heavy atom. The Morgan fingerprint density at radius 1 is 1.08 bits per heavy atom. The fourth-order valence-electron chi connectivity index (χ4n) is 2.62. The second kappa shape index (κ2) is 8.03. The van der Waals surface area contributed by atoms with Crippen LogP contribution in [0.25, 0.3) is 11.3 Å². The molecule has 1 aromatic heterocycles. The summed E-state index contributed by atoms with van der Waals surface area (Å²) in [6, 6.07) is 18.5. The van der Waals surface area contributed by atoms with Gasteiger partial charge in [0.05, 0.1) is 5.69 Å². The van der Waals surface area contributed by atoms with E-state index in [4.69, 9.17) is 0 Å². The van der Waals surface area contributed by atoms with Crippen molar-refractivity contribution in [2.24, 2.45) is 0 Å². The quantitative estimate of drug-likeness (QED) is 0.682. The molecule has 1 heterocycles. The Bertz CT molecular complexity index is 890. The van der Waals surface area contributed by atoms with E-state index < -0.39 is 0 Å². The predicted octanol–water partition coefficient (Wildman–Crippen LogP) is 3.97. The minimum absolute atomic E-state index is 0.0167. The summed E-state index contributed by atoms with van der Waals surface area (Å²) in [7, 11) is 0. The highest BCUT2D eigenvalue weighted by atomic mass is 32.2. The highest BCUT2D eigenvalue weighted by molar-refractivity contribution is 7.99. The van der Waals surface area contributed by atoms with Gasteiger partial charge in [0.25, 0.3) is 5.56 Å². The zero-order chi connectivity index (χ0) is 17.6. The van der Waals surface area contributed by atoms with Gasteiger partial charge in [0.15, 0.2) is 0 Å². The van der Waals surface area contributed by atoms with Gasteiger partial charge in [-0.2, -0.15) is 0 Å². The van der Waals surface area contributed by atoms with E-state index in [1.54, 1.807) is 34.5 Å². The first-order valence-corrected chi connectivity index (χ1v) is 9.24. The Morgan fingerprint density at radius 3 is 2.48 bits per heavy atom. The number of aryl methyl sites for hydroxylation is 1. The molecule has 0 saturated heterocycles. The molecule has 0 atom stereocenters. The second-order valence-corrected chi connectivity index (χ2v) is 6.78. The van der Waals surface area contributed by atoms with E-state index in [1.165, 1.54) is 0 Å². The molecule has 5 heteroatoms. The molecule has 128 valence electrons. The van der Waals surface area contributed by atoms with Crippen molar-refractivity contribution >= 4 is 11.8 Å². The monoisotopic (exact) mass is 352 g/mol. The molecule has 3 rings (SSSR count). The molecule has 1 N–H and O–H groups in total. The lowest BCUT2D eigenvalue weighted by molar-refractivity contribution is 0.475. The minimum Gasteiger partial charge on any atom is -0.508 e. The van der Waals surface area contributed by atoms with Crippen LogP contribution in [0.1, 0.15) is 12.7 Å². The summed E-state index contributed by atoms with van der Waals surface area (Å²) in [5.41, 5.74) is 1.67. The smallest absolute Gasteiger partial charge is 0.254 e.